The van der Waals surface area contributed by atoms with Crippen LogP contribution in [0.3, 0.4) is 0 Å². The van der Waals surface area contributed by atoms with E-state index in [1.807, 2.05) is 18.7 Å². The predicted octanol–water partition coefficient (Wildman–Crippen LogP) is 2.01. The molecule has 1 aliphatic heterocycles. The molecule has 0 aliphatic carbocycles. The normalized spacial score (nSPS) is 22.5. The van der Waals surface area contributed by atoms with Crippen LogP contribution in [0.2, 0.25) is 0 Å². The van der Waals surface area contributed by atoms with Crippen LogP contribution in [0, 0.1) is 6.92 Å². The first-order chi connectivity index (χ1) is 6.33. The Kier molecular flexibility index (Phi) is 2.60. The Hall–Kier alpha value is -0.480. The molecule has 2 heterocycles. The highest BCUT2D eigenvalue weighted by atomic mass is 32.2. The predicted molar refractivity (Wildman–Crippen MR) is 53.6 cm³/mol. The largest absolute Gasteiger partial charge is 0.360 e. The van der Waals surface area contributed by atoms with Crippen LogP contribution in [0.15, 0.2) is 4.52 Å². The average molecular weight is 198 g/mol. The maximum Gasteiger partial charge on any atom is 0.154 e. The fraction of sp³-hybridized carbons (Fsp3) is 0.667. The minimum Gasteiger partial charge on any atom is -0.360 e. The van der Waals surface area contributed by atoms with Gasteiger partial charge in [0.15, 0.2) is 5.76 Å². The Morgan fingerprint density at radius 1 is 1.69 bits per heavy atom. The molecule has 0 radical (unpaired) electrons. The van der Waals surface area contributed by atoms with Crippen molar-refractivity contribution in [1.82, 2.24) is 5.16 Å². The standard InChI is InChI=1S/C9H14N2OS/c1-6-7(5-10)9(12-11-6)8-3-2-4-13-8/h8H,2-5,10H2,1H3. The molecule has 1 aromatic rings. The molecule has 1 atom stereocenters. The van der Waals surface area contributed by atoms with Crippen LogP contribution in [0.5, 0.6) is 0 Å². The van der Waals surface area contributed by atoms with Crippen molar-refractivity contribution in [3.8, 4) is 0 Å². The van der Waals surface area contributed by atoms with Crippen LogP contribution in [0.25, 0.3) is 0 Å². The zero-order valence-corrected chi connectivity index (χ0v) is 8.56. The van der Waals surface area contributed by atoms with Gasteiger partial charge >= 0.3 is 0 Å². The molecule has 0 bridgehead atoms. The van der Waals surface area contributed by atoms with Crippen LogP contribution < -0.4 is 5.73 Å². The Morgan fingerprint density at radius 3 is 3.15 bits per heavy atom. The maximum absolute atomic E-state index is 5.65. The van der Waals surface area contributed by atoms with Crippen molar-refractivity contribution < 1.29 is 4.52 Å². The molecule has 2 N–H and O–H groups in total. The summed E-state index contributed by atoms with van der Waals surface area (Å²) in [4.78, 5) is 0. The van der Waals surface area contributed by atoms with E-state index in [9.17, 15) is 0 Å². The van der Waals surface area contributed by atoms with E-state index in [-0.39, 0.29) is 0 Å². The summed E-state index contributed by atoms with van der Waals surface area (Å²) >= 11 is 1.95. The summed E-state index contributed by atoms with van der Waals surface area (Å²) in [6.45, 7) is 2.50. The van der Waals surface area contributed by atoms with Crippen LogP contribution in [-0.2, 0) is 6.54 Å². The number of rotatable bonds is 2. The van der Waals surface area contributed by atoms with E-state index in [4.69, 9.17) is 10.3 Å². The van der Waals surface area contributed by atoms with Crippen LogP contribution >= 0.6 is 11.8 Å². The van der Waals surface area contributed by atoms with E-state index in [0.717, 1.165) is 17.0 Å². The number of thioether (sulfide) groups is 1. The summed E-state index contributed by atoms with van der Waals surface area (Å²) in [5.74, 6) is 2.25. The lowest BCUT2D eigenvalue weighted by Crippen LogP contribution is -2.01. The van der Waals surface area contributed by atoms with Crippen LogP contribution in [-0.4, -0.2) is 10.9 Å². The third-order valence-corrected chi connectivity index (χ3v) is 3.82. The summed E-state index contributed by atoms with van der Waals surface area (Å²) in [7, 11) is 0. The number of aromatic nitrogens is 1. The Bertz CT molecular complexity index is 292. The van der Waals surface area contributed by atoms with E-state index in [1.54, 1.807) is 0 Å². The lowest BCUT2D eigenvalue weighted by molar-refractivity contribution is 0.375. The summed E-state index contributed by atoms with van der Waals surface area (Å²) in [5, 5.41) is 4.46. The van der Waals surface area contributed by atoms with E-state index >= 15 is 0 Å². The van der Waals surface area contributed by atoms with E-state index in [1.165, 1.54) is 18.6 Å². The molecule has 1 fully saturated rings. The van der Waals surface area contributed by atoms with Gasteiger partial charge in [0.25, 0.3) is 0 Å². The van der Waals surface area contributed by atoms with Gasteiger partial charge in [0.05, 0.1) is 10.9 Å². The van der Waals surface area contributed by atoms with Gasteiger partial charge in [0, 0.05) is 12.1 Å². The highest BCUT2D eigenvalue weighted by molar-refractivity contribution is 7.99. The van der Waals surface area contributed by atoms with Gasteiger partial charge in [0.2, 0.25) is 0 Å². The van der Waals surface area contributed by atoms with Gasteiger partial charge in [-0.25, -0.2) is 0 Å². The second-order valence-corrected chi connectivity index (χ2v) is 4.63. The highest BCUT2D eigenvalue weighted by Gasteiger charge is 2.25. The molecule has 72 valence electrons. The summed E-state index contributed by atoms with van der Waals surface area (Å²) in [5.41, 5.74) is 7.71. The van der Waals surface area contributed by atoms with Crippen molar-refractivity contribution in [1.29, 1.82) is 0 Å². The summed E-state index contributed by atoms with van der Waals surface area (Å²) < 4.78 is 5.32. The van der Waals surface area contributed by atoms with Crippen molar-refractivity contribution in [3.05, 3.63) is 17.0 Å². The smallest absolute Gasteiger partial charge is 0.154 e. The van der Waals surface area contributed by atoms with Crippen molar-refractivity contribution in [2.24, 2.45) is 5.73 Å². The number of nitrogens with zero attached hydrogens (tertiary/aromatic N) is 1. The van der Waals surface area contributed by atoms with E-state index < -0.39 is 0 Å². The fourth-order valence-corrected chi connectivity index (χ4v) is 2.98. The molecule has 1 aromatic heterocycles. The lowest BCUT2D eigenvalue weighted by Gasteiger charge is -2.05. The zero-order chi connectivity index (χ0) is 9.26. The van der Waals surface area contributed by atoms with Gasteiger partial charge in [-0.2, -0.15) is 11.8 Å². The minimum atomic E-state index is 0.500. The molecule has 13 heavy (non-hydrogen) atoms. The molecule has 1 saturated heterocycles. The minimum absolute atomic E-state index is 0.500. The van der Waals surface area contributed by atoms with E-state index in [0.29, 0.717) is 11.8 Å². The van der Waals surface area contributed by atoms with Gasteiger partial charge in [-0.15, -0.1) is 0 Å². The van der Waals surface area contributed by atoms with Crippen molar-refractivity contribution in [2.75, 3.05) is 5.75 Å². The number of aryl methyl sites for hydroxylation is 1. The molecule has 1 unspecified atom stereocenters. The first kappa shape index (κ1) is 9.09. The van der Waals surface area contributed by atoms with Gasteiger partial charge in [-0.05, 0) is 25.5 Å². The second kappa shape index (κ2) is 3.72. The topological polar surface area (TPSA) is 52.0 Å². The zero-order valence-electron chi connectivity index (χ0n) is 7.75. The third kappa shape index (κ3) is 1.60. The Labute approximate surface area is 82.0 Å². The van der Waals surface area contributed by atoms with Crippen LogP contribution in [0.4, 0.5) is 0 Å². The third-order valence-electron chi connectivity index (χ3n) is 2.44. The second-order valence-electron chi connectivity index (χ2n) is 3.32. The first-order valence-electron chi connectivity index (χ1n) is 4.59. The highest BCUT2D eigenvalue weighted by Crippen LogP contribution is 2.41. The Balaban J connectivity index is 2.27. The maximum atomic E-state index is 5.65. The van der Waals surface area contributed by atoms with Crippen molar-refractivity contribution in [3.63, 3.8) is 0 Å². The van der Waals surface area contributed by atoms with Gasteiger partial charge < -0.3 is 10.3 Å². The molecule has 4 heteroatoms. The molecular weight excluding hydrogens is 184 g/mol. The summed E-state index contributed by atoms with van der Waals surface area (Å²) in [6, 6.07) is 0. The average Bonchev–Trinajstić information content (AvgIpc) is 2.71. The monoisotopic (exact) mass is 198 g/mol. The molecule has 0 aromatic carbocycles. The molecular formula is C9H14N2OS. The molecule has 1 aliphatic rings. The van der Waals surface area contributed by atoms with E-state index in [2.05, 4.69) is 5.16 Å². The number of hydrogen-bond acceptors (Lipinski definition) is 4. The number of nitrogens with two attached hydrogens (primary N) is 1. The van der Waals surface area contributed by atoms with Crippen LogP contribution in [0.1, 0.15) is 35.1 Å². The van der Waals surface area contributed by atoms with Crippen molar-refractivity contribution in [2.45, 2.75) is 31.6 Å². The molecule has 0 spiro atoms. The molecule has 0 amide bonds. The molecule has 0 saturated carbocycles. The summed E-state index contributed by atoms with van der Waals surface area (Å²) in [6.07, 6.45) is 2.48. The lowest BCUT2D eigenvalue weighted by atomic mass is 10.1. The van der Waals surface area contributed by atoms with Gasteiger partial charge in [-0.1, -0.05) is 5.16 Å². The van der Waals surface area contributed by atoms with Gasteiger partial charge in [0.1, 0.15) is 0 Å². The fourth-order valence-electron chi connectivity index (χ4n) is 1.69. The van der Waals surface area contributed by atoms with Crippen molar-refractivity contribution >= 4 is 11.8 Å². The molecule has 2 rings (SSSR count). The quantitative estimate of drug-likeness (QED) is 0.789. The number of hydrogen-bond donors (Lipinski definition) is 1. The first-order valence-corrected chi connectivity index (χ1v) is 5.64. The SMILES string of the molecule is Cc1noc(C2CCCS2)c1CN. The molecule has 3 nitrogen and oxygen atoms in total. The van der Waals surface area contributed by atoms with Gasteiger partial charge in [-0.3, -0.25) is 0 Å². The Morgan fingerprint density at radius 2 is 2.54 bits per heavy atom.